The first-order valence-corrected chi connectivity index (χ1v) is 9.21. The van der Waals surface area contributed by atoms with Crippen molar-refractivity contribution in [1.29, 1.82) is 0 Å². The Morgan fingerprint density at radius 3 is 2.12 bits per heavy atom. The molecule has 0 aliphatic carbocycles. The van der Waals surface area contributed by atoms with E-state index < -0.39 is 0 Å². The summed E-state index contributed by atoms with van der Waals surface area (Å²) in [5.41, 5.74) is 2.12. The number of hydrogen-bond acceptors (Lipinski definition) is 2. The molecule has 0 radical (unpaired) electrons. The minimum Gasteiger partial charge on any atom is -0.322 e. The Kier molecular flexibility index (Phi) is 5.90. The van der Waals surface area contributed by atoms with Crippen LogP contribution < -0.4 is 10.6 Å². The summed E-state index contributed by atoms with van der Waals surface area (Å²) in [4.78, 5) is 24.7. The van der Waals surface area contributed by atoms with Crippen molar-refractivity contribution in [3.8, 4) is 0 Å². The average molecular weight is 477 g/mol. The normalized spacial score (nSPS) is 10.2. The van der Waals surface area contributed by atoms with Crippen molar-refractivity contribution in [3.63, 3.8) is 0 Å². The van der Waals surface area contributed by atoms with Crippen LogP contribution in [-0.4, -0.2) is 11.8 Å². The Hall–Kier alpha value is -2.38. The minimum atomic E-state index is -0.306. The molecule has 0 aromatic heterocycles. The molecule has 3 rings (SSSR count). The summed E-state index contributed by atoms with van der Waals surface area (Å²) in [6.45, 7) is 0. The highest BCUT2D eigenvalue weighted by atomic mass is 127. The lowest BCUT2D eigenvalue weighted by molar-refractivity contribution is 0.101. The van der Waals surface area contributed by atoms with Gasteiger partial charge in [0, 0.05) is 20.5 Å². The van der Waals surface area contributed by atoms with Gasteiger partial charge in [-0.05, 0) is 71.1 Å². The molecule has 0 fully saturated rings. The molecule has 0 aliphatic rings. The van der Waals surface area contributed by atoms with Gasteiger partial charge in [-0.1, -0.05) is 35.9 Å². The van der Waals surface area contributed by atoms with Crippen molar-refractivity contribution in [2.75, 3.05) is 10.6 Å². The standard InChI is InChI=1S/C20H14ClIN2O2/c21-18-10-9-14(22)11-17(18)20(26)24-16-8-4-7-15(12-16)23-19(25)13-5-2-1-3-6-13/h1-12H,(H,23,25)(H,24,26). The summed E-state index contributed by atoms with van der Waals surface area (Å²) in [5, 5.41) is 6.00. The number of benzene rings is 3. The largest absolute Gasteiger partial charge is 0.322 e. The Bertz CT molecular complexity index is 961. The molecule has 6 heteroatoms. The molecule has 0 aliphatic heterocycles. The summed E-state index contributed by atoms with van der Waals surface area (Å²) in [5.74, 6) is -0.519. The summed E-state index contributed by atoms with van der Waals surface area (Å²) < 4.78 is 0.918. The third-order valence-corrected chi connectivity index (χ3v) is 4.59. The van der Waals surface area contributed by atoms with E-state index in [1.54, 1.807) is 60.7 Å². The van der Waals surface area contributed by atoms with Crippen LogP contribution in [0.1, 0.15) is 20.7 Å². The highest BCUT2D eigenvalue weighted by Crippen LogP contribution is 2.22. The molecule has 0 atom stereocenters. The molecule has 0 bridgehead atoms. The van der Waals surface area contributed by atoms with Gasteiger partial charge in [-0.15, -0.1) is 0 Å². The molecule has 0 spiro atoms. The summed E-state index contributed by atoms with van der Waals surface area (Å²) in [6.07, 6.45) is 0. The van der Waals surface area contributed by atoms with E-state index in [0.29, 0.717) is 27.5 Å². The van der Waals surface area contributed by atoms with Gasteiger partial charge in [-0.3, -0.25) is 9.59 Å². The van der Waals surface area contributed by atoms with Gasteiger partial charge in [-0.25, -0.2) is 0 Å². The van der Waals surface area contributed by atoms with Gasteiger partial charge >= 0.3 is 0 Å². The van der Waals surface area contributed by atoms with Crippen LogP contribution in [0.4, 0.5) is 11.4 Å². The number of hydrogen-bond donors (Lipinski definition) is 2. The zero-order valence-corrected chi connectivity index (χ0v) is 16.4. The monoisotopic (exact) mass is 476 g/mol. The SMILES string of the molecule is O=C(Nc1cccc(NC(=O)c2cc(I)ccc2Cl)c1)c1ccccc1. The smallest absolute Gasteiger partial charge is 0.257 e. The molecule has 2 amide bonds. The van der Waals surface area contributed by atoms with Crippen LogP contribution >= 0.6 is 34.2 Å². The third-order valence-electron chi connectivity index (χ3n) is 3.59. The predicted octanol–water partition coefficient (Wildman–Crippen LogP) is 5.45. The second-order valence-corrected chi connectivity index (χ2v) is 7.13. The van der Waals surface area contributed by atoms with Crippen LogP contribution in [0, 0.1) is 3.57 Å². The Labute approximate surface area is 169 Å². The number of carbonyl (C=O) groups excluding carboxylic acids is 2. The molecule has 0 saturated heterocycles. The summed E-state index contributed by atoms with van der Waals surface area (Å²) >= 11 is 8.23. The Morgan fingerprint density at radius 1 is 0.769 bits per heavy atom. The highest BCUT2D eigenvalue weighted by molar-refractivity contribution is 14.1. The van der Waals surface area contributed by atoms with Gasteiger partial charge in [0.05, 0.1) is 10.6 Å². The van der Waals surface area contributed by atoms with Crippen LogP contribution in [-0.2, 0) is 0 Å². The minimum absolute atomic E-state index is 0.213. The highest BCUT2D eigenvalue weighted by Gasteiger charge is 2.12. The number of halogens is 2. The molecule has 0 heterocycles. The molecule has 130 valence electrons. The maximum Gasteiger partial charge on any atom is 0.257 e. The number of rotatable bonds is 4. The van der Waals surface area contributed by atoms with E-state index in [1.165, 1.54) is 0 Å². The van der Waals surface area contributed by atoms with Crippen LogP contribution in [0.2, 0.25) is 5.02 Å². The maximum atomic E-state index is 12.5. The molecule has 0 saturated carbocycles. The Morgan fingerprint density at radius 2 is 1.42 bits per heavy atom. The first kappa shape index (κ1) is 18.4. The lowest BCUT2D eigenvalue weighted by atomic mass is 10.2. The van der Waals surface area contributed by atoms with Crippen molar-refractivity contribution in [2.45, 2.75) is 0 Å². The molecule has 26 heavy (non-hydrogen) atoms. The van der Waals surface area contributed by atoms with Gasteiger partial charge in [0.1, 0.15) is 0 Å². The van der Waals surface area contributed by atoms with Gasteiger partial charge < -0.3 is 10.6 Å². The first-order valence-electron chi connectivity index (χ1n) is 7.76. The fourth-order valence-corrected chi connectivity index (χ4v) is 3.03. The van der Waals surface area contributed by atoms with E-state index in [0.717, 1.165) is 3.57 Å². The topological polar surface area (TPSA) is 58.2 Å². The Balaban J connectivity index is 1.74. The van der Waals surface area contributed by atoms with Gasteiger partial charge in [-0.2, -0.15) is 0 Å². The second-order valence-electron chi connectivity index (χ2n) is 5.48. The maximum absolute atomic E-state index is 12.5. The van der Waals surface area contributed by atoms with E-state index in [4.69, 9.17) is 11.6 Å². The first-order chi connectivity index (χ1) is 12.5. The number of nitrogens with one attached hydrogen (secondary N) is 2. The average Bonchev–Trinajstić information content (AvgIpc) is 2.64. The van der Waals surface area contributed by atoms with E-state index in [1.807, 2.05) is 12.1 Å². The molecular weight excluding hydrogens is 463 g/mol. The van der Waals surface area contributed by atoms with Gasteiger partial charge in [0.2, 0.25) is 0 Å². The lowest BCUT2D eigenvalue weighted by Crippen LogP contribution is -2.14. The zero-order chi connectivity index (χ0) is 18.5. The van der Waals surface area contributed by atoms with E-state index in [-0.39, 0.29) is 11.8 Å². The van der Waals surface area contributed by atoms with Crippen molar-refractivity contribution < 1.29 is 9.59 Å². The van der Waals surface area contributed by atoms with Crippen molar-refractivity contribution in [2.24, 2.45) is 0 Å². The summed E-state index contributed by atoms with van der Waals surface area (Å²) in [6, 6.07) is 21.1. The number of anilines is 2. The van der Waals surface area contributed by atoms with Gasteiger partial charge in [0.25, 0.3) is 11.8 Å². The van der Waals surface area contributed by atoms with Crippen LogP contribution in [0.15, 0.2) is 72.8 Å². The van der Waals surface area contributed by atoms with Crippen LogP contribution in [0.25, 0.3) is 0 Å². The van der Waals surface area contributed by atoms with E-state index in [9.17, 15) is 9.59 Å². The molecule has 3 aromatic carbocycles. The van der Waals surface area contributed by atoms with Gasteiger partial charge in [0.15, 0.2) is 0 Å². The van der Waals surface area contributed by atoms with Crippen LogP contribution in [0.3, 0.4) is 0 Å². The lowest BCUT2D eigenvalue weighted by Gasteiger charge is -2.10. The van der Waals surface area contributed by atoms with Crippen molar-refractivity contribution >= 4 is 57.4 Å². The summed E-state index contributed by atoms with van der Waals surface area (Å²) in [7, 11) is 0. The second kappa shape index (κ2) is 8.33. The zero-order valence-electron chi connectivity index (χ0n) is 13.5. The fraction of sp³-hybridized carbons (Fsp3) is 0. The van der Waals surface area contributed by atoms with Crippen molar-refractivity contribution in [3.05, 3.63) is 92.5 Å². The predicted molar refractivity (Wildman–Crippen MR) is 113 cm³/mol. The number of carbonyl (C=O) groups is 2. The molecule has 3 aromatic rings. The number of amides is 2. The van der Waals surface area contributed by atoms with E-state index >= 15 is 0 Å². The quantitative estimate of drug-likeness (QED) is 0.492. The molecule has 2 N–H and O–H groups in total. The van der Waals surface area contributed by atoms with Crippen molar-refractivity contribution in [1.82, 2.24) is 0 Å². The fourth-order valence-electron chi connectivity index (χ4n) is 2.34. The molecule has 0 unspecified atom stereocenters. The third kappa shape index (κ3) is 4.62. The molecular formula is C20H14ClIN2O2. The van der Waals surface area contributed by atoms with Crippen LogP contribution in [0.5, 0.6) is 0 Å². The molecule has 4 nitrogen and oxygen atoms in total. The van der Waals surface area contributed by atoms with E-state index in [2.05, 4.69) is 33.2 Å².